The summed E-state index contributed by atoms with van der Waals surface area (Å²) in [6, 6.07) is 0.546. The third-order valence-corrected chi connectivity index (χ3v) is 2.98. The summed E-state index contributed by atoms with van der Waals surface area (Å²) >= 11 is 0. The van der Waals surface area contributed by atoms with E-state index in [4.69, 9.17) is 5.73 Å². The molecule has 0 aromatic carbocycles. The Morgan fingerprint density at radius 3 is 2.54 bits per heavy atom. The molecule has 0 spiro atoms. The van der Waals surface area contributed by atoms with Gasteiger partial charge >= 0.3 is 0 Å². The van der Waals surface area contributed by atoms with Crippen molar-refractivity contribution in [3.8, 4) is 0 Å². The summed E-state index contributed by atoms with van der Waals surface area (Å²) in [5.41, 5.74) is 5.76. The molecule has 3 heteroatoms. The lowest BCUT2D eigenvalue weighted by molar-refractivity contribution is 0.217. The van der Waals surface area contributed by atoms with Crippen molar-refractivity contribution in [2.45, 2.75) is 19.9 Å². The van der Waals surface area contributed by atoms with Gasteiger partial charge in [-0.05, 0) is 19.5 Å². The summed E-state index contributed by atoms with van der Waals surface area (Å²) in [7, 11) is 2.19. The molecule has 78 valence electrons. The molecular formula is C10H23N3. The van der Waals surface area contributed by atoms with E-state index in [1.807, 2.05) is 0 Å². The molecule has 0 aliphatic carbocycles. The number of nitrogens with two attached hydrogens (primary N) is 1. The van der Waals surface area contributed by atoms with Crippen molar-refractivity contribution in [3.63, 3.8) is 0 Å². The van der Waals surface area contributed by atoms with Crippen molar-refractivity contribution in [2.75, 3.05) is 39.8 Å². The van der Waals surface area contributed by atoms with Gasteiger partial charge in [-0.15, -0.1) is 0 Å². The molecule has 1 heterocycles. The molecule has 13 heavy (non-hydrogen) atoms. The molecule has 2 N–H and O–H groups in total. The lowest BCUT2D eigenvalue weighted by Gasteiger charge is -2.26. The monoisotopic (exact) mass is 185 g/mol. The Kier molecular flexibility index (Phi) is 4.16. The standard InChI is InChI=1S/C10H23N3/c1-4-13-7-9(2)6-12(3)10(5-11)8-13/h9-10H,4-8,11H2,1-3H3. The van der Waals surface area contributed by atoms with Crippen molar-refractivity contribution >= 4 is 0 Å². The average Bonchev–Trinajstić information content (AvgIpc) is 2.23. The molecule has 0 saturated carbocycles. The first kappa shape index (κ1) is 11.0. The number of nitrogens with zero attached hydrogens (tertiary/aromatic N) is 2. The number of hydrogen-bond acceptors (Lipinski definition) is 3. The van der Waals surface area contributed by atoms with Crippen LogP contribution in [0.5, 0.6) is 0 Å². The molecule has 1 rings (SSSR count). The fourth-order valence-electron chi connectivity index (χ4n) is 2.16. The summed E-state index contributed by atoms with van der Waals surface area (Å²) in [4.78, 5) is 4.91. The number of rotatable bonds is 2. The Morgan fingerprint density at radius 1 is 1.31 bits per heavy atom. The van der Waals surface area contributed by atoms with Crippen molar-refractivity contribution < 1.29 is 0 Å². The molecule has 0 aromatic rings. The van der Waals surface area contributed by atoms with Crippen LogP contribution in [0.4, 0.5) is 0 Å². The highest BCUT2D eigenvalue weighted by atomic mass is 15.2. The molecule has 0 bridgehead atoms. The molecule has 0 aromatic heterocycles. The molecular weight excluding hydrogens is 162 g/mol. The number of likely N-dealkylation sites (N-methyl/N-ethyl adjacent to an activating group) is 2. The highest BCUT2D eigenvalue weighted by Crippen LogP contribution is 2.11. The van der Waals surface area contributed by atoms with Gasteiger partial charge in [-0.25, -0.2) is 0 Å². The molecule has 0 amide bonds. The van der Waals surface area contributed by atoms with Gasteiger partial charge in [-0.3, -0.25) is 0 Å². The molecule has 0 radical (unpaired) electrons. The second kappa shape index (κ2) is 4.94. The zero-order valence-electron chi connectivity index (χ0n) is 9.16. The average molecular weight is 185 g/mol. The molecule has 2 unspecified atom stereocenters. The van der Waals surface area contributed by atoms with Gasteiger partial charge in [0, 0.05) is 32.2 Å². The van der Waals surface area contributed by atoms with Gasteiger partial charge in [0.25, 0.3) is 0 Å². The van der Waals surface area contributed by atoms with Crippen LogP contribution in [0.15, 0.2) is 0 Å². The van der Waals surface area contributed by atoms with Gasteiger partial charge in [0.1, 0.15) is 0 Å². The van der Waals surface area contributed by atoms with Gasteiger partial charge in [0.2, 0.25) is 0 Å². The fraction of sp³-hybridized carbons (Fsp3) is 1.00. The van der Waals surface area contributed by atoms with Gasteiger partial charge < -0.3 is 15.5 Å². The quantitative estimate of drug-likeness (QED) is 0.668. The van der Waals surface area contributed by atoms with Crippen molar-refractivity contribution in [1.82, 2.24) is 9.80 Å². The molecule has 1 saturated heterocycles. The van der Waals surface area contributed by atoms with E-state index in [1.54, 1.807) is 0 Å². The number of hydrogen-bond donors (Lipinski definition) is 1. The highest BCUT2D eigenvalue weighted by Gasteiger charge is 2.23. The smallest absolute Gasteiger partial charge is 0.0342 e. The summed E-state index contributed by atoms with van der Waals surface area (Å²) in [6.45, 7) is 10.0. The first-order chi connectivity index (χ1) is 6.17. The maximum Gasteiger partial charge on any atom is 0.0342 e. The Bertz CT molecular complexity index is 147. The van der Waals surface area contributed by atoms with Crippen molar-refractivity contribution in [1.29, 1.82) is 0 Å². The van der Waals surface area contributed by atoms with E-state index in [1.165, 1.54) is 13.1 Å². The van der Waals surface area contributed by atoms with E-state index >= 15 is 0 Å². The van der Waals surface area contributed by atoms with Crippen LogP contribution in [-0.2, 0) is 0 Å². The van der Waals surface area contributed by atoms with Crippen LogP contribution in [0, 0.1) is 5.92 Å². The Hall–Kier alpha value is -0.120. The Morgan fingerprint density at radius 2 is 2.00 bits per heavy atom. The van der Waals surface area contributed by atoms with Crippen molar-refractivity contribution in [2.24, 2.45) is 11.7 Å². The van der Waals surface area contributed by atoms with Gasteiger partial charge in [0.15, 0.2) is 0 Å². The fourth-order valence-corrected chi connectivity index (χ4v) is 2.16. The van der Waals surface area contributed by atoms with E-state index in [9.17, 15) is 0 Å². The van der Waals surface area contributed by atoms with E-state index < -0.39 is 0 Å². The zero-order chi connectivity index (χ0) is 9.84. The highest BCUT2D eigenvalue weighted by molar-refractivity contribution is 4.80. The maximum absolute atomic E-state index is 5.76. The van der Waals surface area contributed by atoms with Crippen LogP contribution < -0.4 is 5.73 Å². The van der Waals surface area contributed by atoms with Crippen LogP contribution in [-0.4, -0.2) is 55.6 Å². The molecule has 1 aliphatic rings. The van der Waals surface area contributed by atoms with Crippen LogP contribution >= 0.6 is 0 Å². The first-order valence-corrected chi connectivity index (χ1v) is 5.30. The predicted octanol–water partition coefficient (Wildman–Crippen LogP) is 0.217. The second-order valence-electron chi connectivity index (χ2n) is 4.29. The van der Waals surface area contributed by atoms with E-state index in [0.717, 1.165) is 25.6 Å². The van der Waals surface area contributed by atoms with Crippen molar-refractivity contribution in [3.05, 3.63) is 0 Å². The summed E-state index contributed by atoms with van der Waals surface area (Å²) in [6.07, 6.45) is 0. The summed E-state index contributed by atoms with van der Waals surface area (Å²) in [5, 5.41) is 0. The summed E-state index contributed by atoms with van der Waals surface area (Å²) < 4.78 is 0. The van der Waals surface area contributed by atoms with E-state index in [2.05, 4.69) is 30.7 Å². The minimum absolute atomic E-state index is 0.546. The van der Waals surface area contributed by atoms with Crippen LogP contribution in [0.25, 0.3) is 0 Å². The molecule has 1 aliphatic heterocycles. The Balaban J connectivity index is 2.57. The Labute approximate surface area is 81.9 Å². The first-order valence-electron chi connectivity index (χ1n) is 5.30. The normalized spacial score (nSPS) is 33.2. The topological polar surface area (TPSA) is 32.5 Å². The van der Waals surface area contributed by atoms with Crippen LogP contribution in [0.3, 0.4) is 0 Å². The minimum atomic E-state index is 0.546. The SMILES string of the molecule is CCN1CC(C)CN(C)C(CN)C1. The third kappa shape index (κ3) is 2.93. The van der Waals surface area contributed by atoms with Gasteiger partial charge in [-0.1, -0.05) is 13.8 Å². The zero-order valence-corrected chi connectivity index (χ0v) is 9.16. The lowest BCUT2D eigenvalue weighted by Crippen LogP contribution is -2.43. The molecule has 1 fully saturated rings. The lowest BCUT2D eigenvalue weighted by atomic mass is 10.1. The van der Waals surface area contributed by atoms with Gasteiger partial charge in [-0.2, -0.15) is 0 Å². The predicted molar refractivity (Wildman–Crippen MR) is 56.8 cm³/mol. The maximum atomic E-state index is 5.76. The third-order valence-electron chi connectivity index (χ3n) is 2.98. The van der Waals surface area contributed by atoms with Crippen LogP contribution in [0.2, 0.25) is 0 Å². The van der Waals surface area contributed by atoms with Gasteiger partial charge in [0.05, 0.1) is 0 Å². The second-order valence-corrected chi connectivity index (χ2v) is 4.29. The molecule has 3 nitrogen and oxygen atoms in total. The molecule has 2 atom stereocenters. The summed E-state index contributed by atoms with van der Waals surface area (Å²) in [5.74, 6) is 0.765. The minimum Gasteiger partial charge on any atom is -0.329 e. The van der Waals surface area contributed by atoms with E-state index in [0.29, 0.717) is 6.04 Å². The largest absolute Gasteiger partial charge is 0.329 e. The van der Waals surface area contributed by atoms with E-state index in [-0.39, 0.29) is 0 Å². The van der Waals surface area contributed by atoms with Crippen LogP contribution in [0.1, 0.15) is 13.8 Å².